The first-order valence-corrected chi connectivity index (χ1v) is 9.55. The molecule has 0 spiro atoms. The number of amides is 3. The Labute approximate surface area is 149 Å². The number of nitrogens with zero attached hydrogens (tertiary/aromatic N) is 2. The molecule has 134 valence electrons. The van der Waals surface area contributed by atoms with Crippen LogP contribution >= 0.6 is 0 Å². The molecule has 0 radical (unpaired) electrons. The van der Waals surface area contributed by atoms with Crippen LogP contribution < -0.4 is 5.32 Å². The molecular formula is C20H27N3O2. The Morgan fingerprint density at radius 2 is 1.76 bits per heavy atom. The first-order valence-electron chi connectivity index (χ1n) is 9.55. The monoisotopic (exact) mass is 341 g/mol. The van der Waals surface area contributed by atoms with Gasteiger partial charge in [0.15, 0.2) is 0 Å². The molecule has 2 unspecified atom stereocenters. The van der Waals surface area contributed by atoms with E-state index in [1.165, 1.54) is 11.1 Å². The van der Waals surface area contributed by atoms with Crippen molar-refractivity contribution in [1.29, 1.82) is 0 Å². The summed E-state index contributed by atoms with van der Waals surface area (Å²) < 4.78 is 0. The zero-order valence-corrected chi connectivity index (χ0v) is 14.9. The standard InChI is InChI=1S/C20H27N3O2/c1-14-13-16-5-2-3-6-17(16)18(14)21-20(25)23-10-4-9-22(11-12-23)19(24)15-7-8-15/h2-3,5-6,14-15,18H,4,7-13H2,1H3,(H,21,25). The highest BCUT2D eigenvalue weighted by Gasteiger charge is 2.35. The lowest BCUT2D eigenvalue weighted by atomic mass is 10.0. The third-order valence-corrected chi connectivity index (χ3v) is 5.80. The van der Waals surface area contributed by atoms with E-state index in [0.717, 1.165) is 38.8 Å². The summed E-state index contributed by atoms with van der Waals surface area (Å²) in [4.78, 5) is 28.9. The van der Waals surface area contributed by atoms with Crippen molar-refractivity contribution >= 4 is 11.9 Å². The Balaban J connectivity index is 1.37. The summed E-state index contributed by atoms with van der Waals surface area (Å²) in [5.41, 5.74) is 2.60. The van der Waals surface area contributed by atoms with E-state index in [-0.39, 0.29) is 18.0 Å². The molecule has 3 aliphatic rings. The molecule has 5 heteroatoms. The smallest absolute Gasteiger partial charge is 0.317 e. The maximum absolute atomic E-state index is 12.8. The van der Waals surface area contributed by atoms with Crippen LogP contribution in [0.2, 0.25) is 0 Å². The molecule has 0 aromatic heterocycles. The van der Waals surface area contributed by atoms with Crippen LogP contribution in [0.15, 0.2) is 24.3 Å². The summed E-state index contributed by atoms with van der Waals surface area (Å²) in [5, 5.41) is 3.25. The van der Waals surface area contributed by atoms with Gasteiger partial charge in [0, 0.05) is 32.1 Å². The fourth-order valence-electron chi connectivity index (χ4n) is 4.17. The number of nitrogens with one attached hydrogen (secondary N) is 1. The first kappa shape index (κ1) is 16.4. The van der Waals surface area contributed by atoms with E-state index in [1.54, 1.807) is 0 Å². The van der Waals surface area contributed by atoms with Gasteiger partial charge < -0.3 is 15.1 Å². The number of hydrogen-bond donors (Lipinski definition) is 1. The van der Waals surface area contributed by atoms with E-state index < -0.39 is 0 Å². The Morgan fingerprint density at radius 1 is 1.04 bits per heavy atom. The third kappa shape index (κ3) is 3.37. The largest absolute Gasteiger partial charge is 0.341 e. The fourth-order valence-corrected chi connectivity index (χ4v) is 4.17. The molecule has 3 amide bonds. The van der Waals surface area contributed by atoms with Crippen molar-refractivity contribution in [3.8, 4) is 0 Å². The molecule has 1 aliphatic heterocycles. The summed E-state index contributed by atoms with van der Waals surface area (Å²) in [6.45, 7) is 5.00. The van der Waals surface area contributed by atoms with Crippen molar-refractivity contribution in [3.05, 3.63) is 35.4 Å². The Kier molecular flexibility index (Phi) is 4.40. The molecule has 4 rings (SSSR count). The zero-order chi connectivity index (χ0) is 17.4. The van der Waals surface area contributed by atoms with E-state index in [0.29, 0.717) is 24.9 Å². The molecule has 2 fully saturated rings. The number of carbonyl (C=O) groups excluding carboxylic acids is 2. The van der Waals surface area contributed by atoms with Gasteiger partial charge in [-0.3, -0.25) is 4.79 Å². The van der Waals surface area contributed by atoms with Gasteiger partial charge in [-0.1, -0.05) is 31.2 Å². The molecule has 1 N–H and O–H groups in total. The molecule has 25 heavy (non-hydrogen) atoms. The lowest BCUT2D eigenvalue weighted by molar-refractivity contribution is -0.132. The Hall–Kier alpha value is -2.04. The van der Waals surface area contributed by atoms with Crippen LogP contribution in [0.5, 0.6) is 0 Å². The second-order valence-electron chi connectivity index (χ2n) is 7.75. The van der Waals surface area contributed by atoms with Crippen molar-refractivity contribution in [2.75, 3.05) is 26.2 Å². The van der Waals surface area contributed by atoms with Gasteiger partial charge in [0.05, 0.1) is 6.04 Å². The van der Waals surface area contributed by atoms with Crippen molar-refractivity contribution in [2.45, 2.75) is 38.6 Å². The molecule has 5 nitrogen and oxygen atoms in total. The SMILES string of the molecule is CC1Cc2ccccc2C1NC(=O)N1CCCN(C(=O)C2CC2)CC1. The van der Waals surface area contributed by atoms with Crippen molar-refractivity contribution in [3.63, 3.8) is 0 Å². The third-order valence-electron chi connectivity index (χ3n) is 5.80. The van der Waals surface area contributed by atoms with E-state index >= 15 is 0 Å². The van der Waals surface area contributed by atoms with Gasteiger partial charge in [-0.2, -0.15) is 0 Å². The highest BCUT2D eigenvalue weighted by atomic mass is 16.2. The average molecular weight is 341 g/mol. The van der Waals surface area contributed by atoms with Crippen LogP contribution in [0, 0.1) is 11.8 Å². The molecule has 1 aromatic carbocycles. The number of carbonyl (C=O) groups is 2. The lowest BCUT2D eigenvalue weighted by Gasteiger charge is -2.26. The molecule has 1 heterocycles. The normalized spacial score (nSPS) is 26.1. The predicted octanol–water partition coefficient (Wildman–Crippen LogP) is 2.57. The number of fused-ring (bicyclic) bond motifs is 1. The lowest BCUT2D eigenvalue weighted by Crippen LogP contribution is -2.44. The molecule has 1 aromatic rings. The van der Waals surface area contributed by atoms with Crippen LogP contribution in [-0.4, -0.2) is 47.9 Å². The minimum Gasteiger partial charge on any atom is -0.341 e. The summed E-state index contributed by atoms with van der Waals surface area (Å²) in [5.74, 6) is 0.970. The highest BCUT2D eigenvalue weighted by Crippen LogP contribution is 2.35. The molecule has 1 saturated carbocycles. The van der Waals surface area contributed by atoms with Crippen LogP contribution in [0.4, 0.5) is 4.79 Å². The first-order chi connectivity index (χ1) is 12.1. The number of hydrogen-bond acceptors (Lipinski definition) is 2. The van der Waals surface area contributed by atoms with Crippen LogP contribution in [0.25, 0.3) is 0 Å². The Bertz CT molecular complexity index is 671. The van der Waals surface area contributed by atoms with Crippen LogP contribution in [-0.2, 0) is 11.2 Å². The predicted molar refractivity (Wildman–Crippen MR) is 96.1 cm³/mol. The number of urea groups is 1. The van der Waals surface area contributed by atoms with Crippen molar-refractivity contribution in [1.82, 2.24) is 15.1 Å². The van der Waals surface area contributed by atoms with E-state index in [9.17, 15) is 9.59 Å². The highest BCUT2D eigenvalue weighted by molar-refractivity contribution is 5.81. The number of benzene rings is 1. The average Bonchev–Trinajstić information content (AvgIpc) is 3.43. The van der Waals surface area contributed by atoms with E-state index in [2.05, 4.69) is 30.4 Å². The second kappa shape index (κ2) is 6.70. The fraction of sp³-hybridized carbons (Fsp3) is 0.600. The van der Waals surface area contributed by atoms with Gasteiger partial charge in [-0.05, 0) is 42.7 Å². The maximum atomic E-state index is 12.8. The molecule has 2 aliphatic carbocycles. The minimum atomic E-state index is 0.00859. The minimum absolute atomic E-state index is 0.00859. The summed E-state index contributed by atoms with van der Waals surface area (Å²) >= 11 is 0. The summed E-state index contributed by atoms with van der Waals surface area (Å²) in [7, 11) is 0. The summed E-state index contributed by atoms with van der Waals surface area (Å²) in [6, 6.07) is 8.50. The number of rotatable bonds is 2. The van der Waals surface area contributed by atoms with Gasteiger partial charge in [-0.25, -0.2) is 4.79 Å². The summed E-state index contributed by atoms with van der Waals surface area (Å²) in [6.07, 6.45) is 3.96. The van der Waals surface area contributed by atoms with Gasteiger partial charge >= 0.3 is 6.03 Å². The van der Waals surface area contributed by atoms with Gasteiger partial charge in [-0.15, -0.1) is 0 Å². The van der Waals surface area contributed by atoms with Gasteiger partial charge in [0.25, 0.3) is 0 Å². The van der Waals surface area contributed by atoms with Crippen molar-refractivity contribution < 1.29 is 9.59 Å². The van der Waals surface area contributed by atoms with E-state index in [1.807, 2.05) is 15.9 Å². The molecular weight excluding hydrogens is 314 g/mol. The maximum Gasteiger partial charge on any atom is 0.317 e. The van der Waals surface area contributed by atoms with Crippen LogP contribution in [0.3, 0.4) is 0 Å². The van der Waals surface area contributed by atoms with Crippen LogP contribution in [0.1, 0.15) is 43.4 Å². The Morgan fingerprint density at radius 3 is 2.56 bits per heavy atom. The molecule has 1 saturated heterocycles. The van der Waals surface area contributed by atoms with E-state index in [4.69, 9.17) is 0 Å². The zero-order valence-electron chi connectivity index (χ0n) is 14.9. The van der Waals surface area contributed by atoms with Gasteiger partial charge in [0.1, 0.15) is 0 Å². The second-order valence-corrected chi connectivity index (χ2v) is 7.75. The topological polar surface area (TPSA) is 52.7 Å². The molecule has 0 bridgehead atoms. The molecule has 2 atom stereocenters. The van der Waals surface area contributed by atoms with Gasteiger partial charge in [0.2, 0.25) is 5.91 Å². The van der Waals surface area contributed by atoms with Crippen molar-refractivity contribution in [2.24, 2.45) is 11.8 Å². The quantitative estimate of drug-likeness (QED) is 0.899.